The van der Waals surface area contributed by atoms with E-state index in [1.165, 1.54) is 5.70 Å². The minimum Gasteiger partial charge on any atom is -0.366 e. The van der Waals surface area contributed by atoms with E-state index in [9.17, 15) is 8.78 Å². The molecule has 0 bridgehead atoms. The smallest absolute Gasteiger partial charge is 0.290 e. The van der Waals surface area contributed by atoms with Gasteiger partial charge in [-0.1, -0.05) is 70.2 Å². The lowest BCUT2D eigenvalue weighted by molar-refractivity contribution is -0.00589. The molecule has 4 nitrogen and oxygen atoms in total. The predicted molar refractivity (Wildman–Crippen MR) is 140 cm³/mol. The maximum absolute atomic E-state index is 14.7. The maximum atomic E-state index is 14.7. The highest BCUT2D eigenvalue weighted by Gasteiger charge is 2.43. The number of rotatable bonds is 8. The lowest BCUT2D eigenvalue weighted by atomic mass is 9.96. The fourth-order valence-corrected chi connectivity index (χ4v) is 4.50. The molecule has 2 aromatic carbocycles. The first-order chi connectivity index (χ1) is 16.7. The van der Waals surface area contributed by atoms with Gasteiger partial charge in [0.1, 0.15) is 11.5 Å². The van der Waals surface area contributed by atoms with Crippen LogP contribution in [-0.4, -0.2) is 9.97 Å². The average molecular weight is 477 g/mol. The molecule has 6 heteroatoms. The number of alkyl halides is 2. The van der Waals surface area contributed by atoms with Crippen molar-refractivity contribution in [3.8, 4) is 11.4 Å². The normalized spacial score (nSPS) is 14.9. The number of hydrogen-bond donors (Lipinski definition) is 2. The Kier molecular flexibility index (Phi) is 7.20. The van der Waals surface area contributed by atoms with E-state index in [0.717, 1.165) is 22.4 Å². The van der Waals surface area contributed by atoms with Gasteiger partial charge in [-0.3, -0.25) is 0 Å². The van der Waals surface area contributed by atoms with Gasteiger partial charge in [0.15, 0.2) is 5.82 Å². The third kappa shape index (κ3) is 5.37. The summed E-state index contributed by atoms with van der Waals surface area (Å²) in [5, 5.41) is 6.78. The van der Waals surface area contributed by atoms with E-state index in [2.05, 4.69) is 49.4 Å². The molecule has 3 aromatic rings. The first-order valence-corrected chi connectivity index (χ1v) is 12.3. The van der Waals surface area contributed by atoms with E-state index >= 15 is 0 Å². The number of benzene rings is 2. The Morgan fingerprint density at radius 3 is 2.40 bits per heavy atom. The standard InChI is InChI=1S/C29H34F2N4/c1-6-25(19(4)5)33-21-13-11-20(12-14-21)17-32-27-24-15-16-29(30,31)26(24)34-28(35-27)23-10-8-7-9-22(23)18(2)3/h6-14,18-19,33H,15-17H2,1-5H3,(H,32,34,35)/b25-6-. The van der Waals surface area contributed by atoms with Crippen molar-refractivity contribution in [1.82, 2.24) is 9.97 Å². The Morgan fingerprint density at radius 1 is 1.03 bits per heavy atom. The number of allylic oxidation sites excluding steroid dienone is 2. The number of nitrogens with zero attached hydrogens (tertiary/aromatic N) is 2. The number of nitrogens with one attached hydrogen (secondary N) is 2. The van der Waals surface area contributed by atoms with Gasteiger partial charge in [0.2, 0.25) is 0 Å². The number of fused-ring (bicyclic) bond motifs is 1. The van der Waals surface area contributed by atoms with Crippen LogP contribution in [0.4, 0.5) is 20.3 Å². The van der Waals surface area contributed by atoms with Crippen molar-refractivity contribution < 1.29 is 8.78 Å². The summed E-state index contributed by atoms with van der Waals surface area (Å²) in [5.74, 6) is -1.45. The molecule has 1 aromatic heterocycles. The summed E-state index contributed by atoms with van der Waals surface area (Å²) in [6.07, 6.45) is 2.12. The summed E-state index contributed by atoms with van der Waals surface area (Å²) in [6, 6.07) is 15.9. The van der Waals surface area contributed by atoms with Crippen LogP contribution in [0.15, 0.2) is 60.3 Å². The minimum absolute atomic E-state index is 0.143. The van der Waals surface area contributed by atoms with Gasteiger partial charge in [-0.25, -0.2) is 9.97 Å². The zero-order valence-electron chi connectivity index (χ0n) is 21.1. The number of anilines is 2. The molecule has 1 aliphatic carbocycles. The Morgan fingerprint density at radius 2 is 1.74 bits per heavy atom. The molecule has 0 unspecified atom stereocenters. The Labute approximate surface area is 206 Å². The summed E-state index contributed by atoms with van der Waals surface area (Å²) < 4.78 is 29.5. The summed E-state index contributed by atoms with van der Waals surface area (Å²) in [7, 11) is 0. The second kappa shape index (κ2) is 10.1. The Balaban J connectivity index is 1.61. The quantitative estimate of drug-likeness (QED) is 0.347. The van der Waals surface area contributed by atoms with Crippen molar-refractivity contribution >= 4 is 11.5 Å². The second-order valence-electron chi connectivity index (χ2n) is 9.74. The van der Waals surface area contributed by atoms with Crippen LogP contribution in [0.5, 0.6) is 0 Å². The van der Waals surface area contributed by atoms with Crippen molar-refractivity contribution in [3.05, 3.63) is 82.7 Å². The Hall–Kier alpha value is -3.28. The van der Waals surface area contributed by atoms with Crippen molar-refractivity contribution in [2.45, 2.75) is 65.8 Å². The molecule has 0 amide bonds. The van der Waals surface area contributed by atoms with E-state index in [1.807, 2.05) is 55.5 Å². The molecule has 0 spiro atoms. The van der Waals surface area contributed by atoms with Crippen LogP contribution in [0.2, 0.25) is 0 Å². The Bertz CT molecular complexity index is 1210. The van der Waals surface area contributed by atoms with E-state index in [0.29, 0.717) is 29.7 Å². The third-order valence-corrected chi connectivity index (χ3v) is 6.50. The SMILES string of the molecule is C/C=C(\Nc1ccc(CNc2nc(-c3ccccc3C(C)C)nc3c2CCC3(F)F)cc1)C(C)C. The molecule has 0 radical (unpaired) electrons. The van der Waals surface area contributed by atoms with Crippen LogP contribution in [0.25, 0.3) is 11.4 Å². The summed E-state index contributed by atoms with van der Waals surface area (Å²) in [5.41, 5.74) is 5.46. The van der Waals surface area contributed by atoms with E-state index in [4.69, 9.17) is 4.98 Å². The largest absolute Gasteiger partial charge is 0.366 e. The third-order valence-electron chi connectivity index (χ3n) is 6.50. The molecule has 0 atom stereocenters. The fraction of sp³-hybridized carbons (Fsp3) is 0.379. The van der Waals surface area contributed by atoms with Crippen LogP contribution < -0.4 is 10.6 Å². The minimum atomic E-state index is -2.94. The van der Waals surface area contributed by atoms with Crippen LogP contribution in [0, 0.1) is 5.92 Å². The van der Waals surface area contributed by atoms with Crippen LogP contribution in [-0.2, 0) is 18.9 Å². The van der Waals surface area contributed by atoms with Crippen LogP contribution in [0.3, 0.4) is 0 Å². The summed E-state index contributed by atoms with van der Waals surface area (Å²) in [4.78, 5) is 9.13. The molecule has 0 saturated carbocycles. The number of halogens is 2. The van der Waals surface area contributed by atoms with Crippen LogP contribution in [0.1, 0.15) is 69.3 Å². The van der Waals surface area contributed by atoms with Crippen molar-refractivity contribution in [2.75, 3.05) is 10.6 Å². The molecule has 0 saturated heterocycles. The summed E-state index contributed by atoms with van der Waals surface area (Å²) in [6.45, 7) is 11.0. The van der Waals surface area contributed by atoms with Crippen molar-refractivity contribution in [3.63, 3.8) is 0 Å². The van der Waals surface area contributed by atoms with Gasteiger partial charge in [-0.15, -0.1) is 0 Å². The number of aromatic nitrogens is 2. The maximum Gasteiger partial charge on any atom is 0.290 e. The highest BCUT2D eigenvalue weighted by Crippen LogP contribution is 2.44. The van der Waals surface area contributed by atoms with E-state index < -0.39 is 5.92 Å². The molecular formula is C29H34F2N4. The van der Waals surface area contributed by atoms with E-state index in [1.54, 1.807) is 0 Å². The number of hydrogen-bond acceptors (Lipinski definition) is 4. The van der Waals surface area contributed by atoms with Gasteiger partial charge in [0.05, 0.1) is 0 Å². The van der Waals surface area contributed by atoms with Gasteiger partial charge in [-0.05, 0) is 48.4 Å². The average Bonchev–Trinajstić information content (AvgIpc) is 3.16. The monoisotopic (exact) mass is 476 g/mol. The van der Waals surface area contributed by atoms with Crippen LogP contribution >= 0.6 is 0 Å². The van der Waals surface area contributed by atoms with E-state index in [-0.39, 0.29) is 24.5 Å². The lowest BCUT2D eigenvalue weighted by Crippen LogP contribution is -2.14. The molecule has 1 aliphatic rings. The zero-order chi connectivity index (χ0) is 25.2. The van der Waals surface area contributed by atoms with Gasteiger partial charge < -0.3 is 10.6 Å². The van der Waals surface area contributed by atoms with Crippen molar-refractivity contribution in [2.24, 2.45) is 5.92 Å². The van der Waals surface area contributed by atoms with Gasteiger partial charge >= 0.3 is 0 Å². The molecule has 1 heterocycles. The molecule has 0 aliphatic heterocycles. The molecular weight excluding hydrogens is 442 g/mol. The molecule has 35 heavy (non-hydrogen) atoms. The highest BCUT2D eigenvalue weighted by atomic mass is 19.3. The topological polar surface area (TPSA) is 49.8 Å². The van der Waals surface area contributed by atoms with Gasteiger partial charge in [0, 0.05) is 35.5 Å². The molecule has 2 N–H and O–H groups in total. The van der Waals surface area contributed by atoms with Gasteiger partial charge in [-0.2, -0.15) is 8.78 Å². The van der Waals surface area contributed by atoms with Gasteiger partial charge in [0.25, 0.3) is 5.92 Å². The lowest BCUT2D eigenvalue weighted by Gasteiger charge is -2.17. The zero-order valence-corrected chi connectivity index (χ0v) is 21.1. The molecule has 0 fully saturated rings. The molecule has 4 rings (SSSR count). The molecule has 184 valence electrons. The second-order valence-corrected chi connectivity index (χ2v) is 9.74. The first kappa shape index (κ1) is 24.8. The van der Waals surface area contributed by atoms with Crippen molar-refractivity contribution in [1.29, 1.82) is 0 Å². The summed E-state index contributed by atoms with van der Waals surface area (Å²) >= 11 is 0. The fourth-order valence-electron chi connectivity index (χ4n) is 4.50. The highest BCUT2D eigenvalue weighted by molar-refractivity contribution is 5.65. The predicted octanol–water partition coefficient (Wildman–Crippen LogP) is 7.89. The first-order valence-electron chi connectivity index (χ1n) is 12.3.